The number of carbonyl (C=O) groups is 2. The Morgan fingerprint density at radius 2 is 1.77 bits per heavy atom. The summed E-state index contributed by atoms with van der Waals surface area (Å²) in [6.07, 6.45) is 0. The molecular weight excluding hydrogens is 520 g/mol. The summed E-state index contributed by atoms with van der Waals surface area (Å²) >= 11 is 1.27. The Morgan fingerprint density at radius 3 is 2.51 bits per heavy atom. The molecule has 2 aliphatic heterocycles. The van der Waals surface area contributed by atoms with Crippen molar-refractivity contribution in [2.45, 2.75) is 13.0 Å². The number of nitrogens with zero attached hydrogens (tertiary/aromatic N) is 2. The molecule has 0 unspecified atom stereocenters. The van der Waals surface area contributed by atoms with Crippen molar-refractivity contribution in [3.8, 4) is 23.0 Å². The molecule has 0 saturated carbocycles. The molecule has 10 heteroatoms. The highest BCUT2D eigenvalue weighted by atomic mass is 32.1. The van der Waals surface area contributed by atoms with Crippen molar-refractivity contribution in [3.05, 3.63) is 77.4 Å². The number of rotatable bonds is 6. The van der Waals surface area contributed by atoms with E-state index in [1.807, 2.05) is 25.1 Å². The van der Waals surface area contributed by atoms with Gasteiger partial charge in [0, 0.05) is 5.56 Å². The third kappa shape index (κ3) is 4.32. The number of methoxy groups -OCH3 is 1. The van der Waals surface area contributed by atoms with Crippen molar-refractivity contribution in [3.63, 3.8) is 0 Å². The summed E-state index contributed by atoms with van der Waals surface area (Å²) < 4.78 is 23.0. The number of aliphatic hydroxyl groups is 1. The van der Waals surface area contributed by atoms with E-state index >= 15 is 0 Å². The number of amides is 1. The van der Waals surface area contributed by atoms with E-state index in [-0.39, 0.29) is 11.3 Å². The summed E-state index contributed by atoms with van der Waals surface area (Å²) in [7, 11) is 1.56. The van der Waals surface area contributed by atoms with Gasteiger partial charge in [0.15, 0.2) is 16.6 Å². The number of Topliss-reactive ketones (excluding diaryl/α,β-unsaturated/α-hetero) is 1. The van der Waals surface area contributed by atoms with Crippen LogP contribution in [0.1, 0.15) is 24.1 Å². The van der Waals surface area contributed by atoms with Crippen LogP contribution in [0.4, 0.5) is 5.13 Å². The summed E-state index contributed by atoms with van der Waals surface area (Å²) in [6.45, 7) is 3.21. The van der Waals surface area contributed by atoms with Crippen LogP contribution in [0.3, 0.4) is 0 Å². The molecule has 6 rings (SSSR count). The maximum absolute atomic E-state index is 13.5. The summed E-state index contributed by atoms with van der Waals surface area (Å²) in [5, 5.41) is 11.8. The smallest absolute Gasteiger partial charge is 0.301 e. The Kier molecular flexibility index (Phi) is 6.32. The second-order valence-electron chi connectivity index (χ2n) is 8.86. The highest BCUT2D eigenvalue weighted by Crippen LogP contribution is 2.45. The lowest BCUT2D eigenvalue weighted by Crippen LogP contribution is -2.29. The molecule has 1 saturated heterocycles. The third-order valence-corrected chi connectivity index (χ3v) is 7.57. The van der Waals surface area contributed by atoms with Crippen LogP contribution in [0.5, 0.6) is 23.0 Å². The summed E-state index contributed by atoms with van der Waals surface area (Å²) in [5.74, 6) is 0.408. The number of fused-ring (bicyclic) bond motifs is 2. The quantitative estimate of drug-likeness (QED) is 0.203. The molecule has 1 atom stereocenters. The van der Waals surface area contributed by atoms with Crippen LogP contribution >= 0.6 is 11.3 Å². The minimum atomic E-state index is -0.920. The number of hydrogen-bond acceptors (Lipinski definition) is 9. The number of ether oxygens (including phenoxy) is 4. The maximum atomic E-state index is 13.5. The standard InChI is InChI=1S/C29H24N2O7S/c1-3-36-19-9-10-20-23(15-19)39-29(30-20)31-25(16-4-7-18(35-2)8-5-16)24(27(33)28(31)34)26(32)17-6-11-21-22(14-17)38-13-12-37-21/h4-11,14-15,25,32H,3,12-13H2,1-2H3/t25-/m0/s1. The van der Waals surface area contributed by atoms with Crippen LogP contribution in [-0.4, -0.2) is 48.7 Å². The zero-order valence-electron chi connectivity index (χ0n) is 21.2. The van der Waals surface area contributed by atoms with Crippen LogP contribution < -0.4 is 23.8 Å². The predicted molar refractivity (Wildman–Crippen MR) is 146 cm³/mol. The van der Waals surface area contributed by atoms with E-state index < -0.39 is 17.7 Å². The van der Waals surface area contributed by atoms with E-state index in [1.54, 1.807) is 49.6 Å². The second-order valence-corrected chi connectivity index (χ2v) is 9.87. The lowest BCUT2D eigenvalue weighted by molar-refractivity contribution is -0.132. The van der Waals surface area contributed by atoms with Crippen molar-refractivity contribution in [1.29, 1.82) is 0 Å². The molecule has 39 heavy (non-hydrogen) atoms. The Labute approximate surface area is 227 Å². The normalized spacial score (nSPS) is 18.0. The summed E-state index contributed by atoms with van der Waals surface area (Å²) in [4.78, 5) is 33.1. The number of aromatic nitrogens is 1. The van der Waals surface area contributed by atoms with Gasteiger partial charge in [-0.2, -0.15) is 0 Å². The average Bonchev–Trinajstić information content (AvgIpc) is 3.50. The third-order valence-electron chi connectivity index (χ3n) is 6.56. The second kappa shape index (κ2) is 9.95. The lowest BCUT2D eigenvalue weighted by atomic mass is 9.95. The van der Waals surface area contributed by atoms with Gasteiger partial charge in [-0.25, -0.2) is 4.98 Å². The molecule has 0 aliphatic carbocycles. The number of thiazole rings is 1. The van der Waals surface area contributed by atoms with Crippen LogP contribution in [0.2, 0.25) is 0 Å². The predicted octanol–water partition coefficient (Wildman–Crippen LogP) is 5.10. The van der Waals surface area contributed by atoms with Crippen LogP contribution in [-0.2, 0) is 9.59 Å². The van der Waals surface area contributed by atoms with Gasteiger partial charge in [0.05, 0.1) is 35.5 Å². The van der Waals surface area contributed by atoms with Gasteiger partial charge in [0.2, 0.25) is 0 Å². The SMILES string of the molecule is CCOc1ccc2nc(N3C(=O)C(=O)C(=C(O)c4ccc5c(c4)OCCO5)[C@@H]3c3ccc(OC)cc3)sc2c1. The van der Waals surface area contributed by atoms with E-state index in [4.69, 9.17) is 18.9 Å². The van der Waals surface area contributed by atoms with Crippen molar-refractivity contribution in [1.82, 2.24) is 4.98 Å². The number of carbonyl (C=O) groups excluding carboxylic acids is 2. The molecule has 1 N–H and O–H groups in total. The van der Waals surface area contributed by atoms with Crippen molar-refractivity contribution >= 4 is 44.1 Å². The number of ketones is 1. The van der Waals surface area contributed by atoms with Crippen molar-refractivity contribution in [2.24, 2.45) is 0 Å². The first-order valence-electron chi connectivity index (χ1n) is 12.4. The zero-order valence-corrected chi connectivity index (χ0v) is 22.0. The zero-order chi connectivity index (χ0) is 27.1. The Hall–Kier alpha value is -4.57. The molecule has 2 aliphatic rings. The fraction of sp³-hybridized carbons (Fsp3) is 0.207. The first kappa shape index (κ1) is 24.7. The molecule has 0 spiro atoms. The molecule has 9 nitrogen and oxygen atoms in total. The molecule has 1 fully saturated rings. The van der Waals surface area contributed by atoms with Crippen LogP contribution in [0, 0.1) is 0 Å². The van der Waals surface area contributed by atoms with Gasteiger partial charge in [-0.15, -0.1) is 0 Å². The molecular formula is C29H24N2O7S. The molecule has 0 bridgehead atoms. The fourth-order valence-electron chi connectivity index (χ4n) is 4.73. The average molecular weight is 545 g/mol. The van der Waals surface area contributed by atoms with E-state index in [1.165, 1.54) is 16.2 Å². The first-order valence-corrected chi connectivity index (χ1v) is 13.2. The number of aliphatic hydroxyl groups excluding tert-OH is 1. The molecule has 3 heterocycles. The highest BCUT2D eigenvalue weighted by Gasteiger charge is 2.48. The first-order chi connectivity index (χ1) is 19.0. The van der Waals surface area contributed by atoms with Crippen molar-refractivity contribution in [2.75, 3.05) is 31.8 Å². The van der Waals surface area contributed by atoms with E-state index in [0.29, 0.717) is 64.6 Å². The number of hydrogen-bond donors (Lipinski definition) is 1. The van der Waals surface area contributed by atoms with Gasteiger partial charge in [-0.05, 0) is 61.0 Å². The van der Waals surface area contributed by atoms with Crippen LogP contribution in [0.25, 0.3) is 16.0 Å². The lowest BCUT2D eigenvalue weighted by Gasteiger charge is -2.23. The Morgan fingerprint density at radius 1 is 1.03 bits per heavy atom. The van der Waals surface area contributed by atoms with Gasteiger partial charge < -0.3 is 24.1 Å². The minimum Gasteiger partial charge on any atom is -0.507 e. The van der Waals surface area contributed by atoms with E-state index in [0.717, 1.165) is 4.70 Å². The molecule has 3 aromatic carbocycles. The van der Waals surface area contributed by atoms with Gasteiger partial charge in [0.25, 0.3) is 5.78 Å². The van der Waals surface area contributed by atoms with Gasteiger partial charge in [-0.1, -0.05) is 23.5 Å². The monoisotopic (exact) mass is 544 g/mol. The van der Waals surface area contributed by atoms with Crippen molar-refractivity contribution < 1.29 is 33.6 Å². The minimum absolute atomic E-state index is 0.0453. The summed E-state index contributed by atoms with van der Waals surface area (Å²) in [6, 6.07) is 16.5. The van der Waals surface area contributed by atoms with E-state index in [9.17, 15) is 14.7 Å². The Balaban J connectivity index is 1.50. The highest BCUT2D eigenvalue weighted by molar-refractivity contribution is 7.22. The number of benzene rings is 3. The molecule has 1 amide bonds. The molecule has 198 valence electrons. The maximum Gasteiger partial charge on any atom is 0.301 e. The largest absolute Gasteiger partial charge is 0.507 e. The van der Waals surface area contributed by atoms with Crippen LogP contribution in [0.15, 0.2) is 66.2 Å². The molecule has 4 aromatic rings. The summed E-state index contributed by atoms with van der Waals surface area (Å²) in [5.41, 5.74) is 1.57. The molecule has 0 radical (unpaired) electrons. The van der Waals surface area contributed by atoms with Gasteiger partial charge in [0.1, 0.15) is 30.5 Å². The van der Waals surface area contributed by atoms with Gasteiger partial charge in [-0.3, -0.25) is 14.5 Å². The number of anilines is 1. The molecule has 1 aromatic heterocycles. The topological polar surface area (TPSA) is 107 Å². The Bertz CT molecular complexity index is 1630. The van der Waals surface area contributed by atoms with E-state index in [2.05, 4.69) is 4.98 Å². The van der Waals surface area contributed by atoms with Gasteiger partial charge >= 0.3 is 5.91 Å². The fourth-order valence-corrected chi connectivity index (χ4v) is 5.75.